The summed E-state index contributed by atoms with van der Waals surface area (Å²) < 4.78 is 5.09. The van der Waals surface area contributed by atoms with Gasteiger partial charge in [0.15, 0.2) is 0 Å². The van der Waals surface area contributed by atoms with Gasteiger partial charge in [-0.05, 0) is 48.4 Å². The minimum Gasteiger partial charge on any atom is -0.497 e. The van der Waals surface area contributed by atoms with E-state index in [0.29, 0.717) is 5.56 Å². The average molecular weight is 295 g/mol. The fraction of sp³-hybridized carbons (Fsp3) is 0.211. The van der Waals surface area contributed by atoms with Gasteiger partial charge in [0.1, 0.15) is 5.75 Å². The number of ether oxygens (including phenoxy) is 1. The van der Waals surface area contributed by atoms with E-state index in [0.717, 1.165) is 29.8 Å². The summed E-state index contributed by atoms with van der Waals surface area (Å²) in [5.74, 6) is 0.649. The van der Waals surface area contributed by atoms with Crippen LogP contribution >= 0.6 is 0 Å². The Kier molecular flexibility index (Phi) is 5.78. The lowest BCUT2D eigenvalue weighted by Gasteiger charge is -2.06. The van der Waals surface area contributed by atoms with Crippen LogP contribution in [0.25, 0.3) is 6.08 Å². The topological polar surface area (TPSA) is 38.3 Å². The molecule has 0 aromatic heterocycles. The second-order valence-corrected chi connectivity index (χ2v) is 5.00. The highest BCUT2D eigenvalue weighted by Crippen LogP contribution is 2.16. The Morgan fingerprint density at radius 2 is 1.77 bits per heavy atom. The van der Waals surface area contributed by atoms with Gasteiger partial charge in [0.25, 0.3) is 5.91 Å². The first-order chi connectivity index (χ1) is 10.7. The van der Waals surface area contributed by atoms with Crippen LogP contribution in [0.3, 0.4) is 0 Å². The van der Waals surface area contributed by atoms with E-state index in [1.54, 1.807) is 7.11 Å². The zero-order valence-corrected chi connectivity index (χ0v) is 13.0. The van der Waals surface area contributed by atoms with E-state index in [4.69, 9.17) is 4.74 Å². The zero-order chi connectivity index (χ0) is 15.8. The van der Waals surface area contributed by atoms with Crippen molar-refractivity contribution in [1.82, 2.24) is 0 Å². The van der Waals surface area contributed by atoms with Gasteiger partial charge in [-0.25, -0.2) is 0 Å². The standard InChI is InChI=1S/C19H21NO2/c1-3-4-5-6-15-7-9-16(10-8-15)19(21)20-17-11-13-18(22-2)14-12-17/h5-14H,3-4H2,1-2H3,(H,20,21). The molecule has 0 heterocycles. The Balaban J connectivity index is 1.99. The number of unbranched alkanes of at least 4 members (excludes halogenated alkanes) is 1. The van der Waals surface area contributed by atoms with Crippen LogP contribution in [0.1, 0.15) is 35.7 Å². The second-order valence-electron chi connectivity index (χ2n) is 5.00. The Morgan fingerprint density at radius 1 is 1.09 bits per heavy atom. The molecule has 3 heteroatoms. The van der Waals surface area contributed by atoms with E-state index in [9.17, 15) is 4.79 Å². The molecule has 0 aliphatic heterocycles. The Bertz CT molecular complexity index is 627. The minimum atomic E-state index is -0.116. The lowest BCUT2D eigenvalue weighted by molar-refractivity contribution is 0.102. The summed E-state index contributed by atoms with van der Waals surface area (Å²) in [7, 11) is 1.62. The molecule has 0 aliphatic carbocycles. The molecule has 114 valence electrons. The van der Waals surface area contributed by atoms with Gasteiger partial charge in [-0.2, -0.15) is 0 Å². The van der Waals surface area contributed by atoms with Gasteiger partial charge in [-0.15, -0.1) is 0 Å². The molecule has 0 fully saturated rings. The van der Waals surface area contributed by atoms with Gasteiger partial charge in [-0.1, -0.05) is 37.6 Å². The molecule has 0 bridgehead atoms. The van der Waals surface area contributed by atoms with E-state index in [1.807, 2.05) is 48.5 Å². The fourth-order valence-corrected chi connectivity index (χ4v) is 2.01. The number of allylic oxidation sites excluding steroid dienone is 1. The van der Waals surface area contributed by atoms with E-state index < -0.39 is 0 Å². The monoisotopic (exact) mass is 295 g/mol. The van der Waals surface area contributed by atoms with Crippen molar-refractivity contribution in [3.05, 3.63) is 65.7 Å². The summed E-state index contributed by atoms with van der Waals surface area (Å²) in [6, 6.07) is 14.9. The first-order valence-corrected chi connectivity index (χ1v) is 7.45. The van der Waals surface area contributed by atoms with Gasteiger partial charge >= 0.3 is 0 Å². The molecular weight excluding hydrogens is 274 g/mol. The van der Waals surface area contributed by atoms with Crippen molar-refractivity contribution in [2.45, 2.75) is 19.8 Å². The van der Waals surface area contributed by atoms with Crippen LogP contribution in [0.15, 0.2) is 54.6 Å². The predicted molar refractivity (Wildman–Crippen MR) is 91.3 cm³/mol. The smallest absolute Gasteiger partial charge is 0.255 e. The molecule has 0 unspecified atom stereocenters. The van der Waals surface area contributed by atoms with Crippen LogP contribution in [0, 0.1) is 0 Å². The second kappa shape index (κ2) is 8.03. The molecule has 0 saturated heterocycles. The summed E-state index contributed by atoms with van der Waals surface area (Å²) in [5.41, 5.74) is 2.50. The predicted octanol–water partition coefficient (Wildman–Crippen LogP) is 4.76. The molecule has 0 atom stereocenters. The zero-order valence-electron chi connectivity index (χ0n) is 13.0. The minimum absolute atomic E-state index is 0.116. The molecule has 1 amide bonds. The number of amides is 1. The molecule has 1 N–H and O–H groups in total. The number of anilines is 1. The summed E-state index contributed by atoms with van der Waals surface area (Å²) in [6.07, 6.45) is 6.43. The number of methoxy groups -OCH3 is 1. The molecule has 3 nitrogen and oxygen atoms in total. The molecule has 2 rings (SSSR count). The van der Waals surface area contributed by atoms with Crippen LogP contribution in [-0.4, -0.2) is 13.0 Å². The third kappa shape index (κ3) is 4.48. The van der Waals surface area contributed by atoms with Gasteiger partial charge < -0.3 is 10.1 Å². The number of nitrogens with one attached hydrogen (secondary N) is 1. The average Bonchev–Trinajstić information content (AvgIpc) is 2.56. The van der Waals surface area contributed by atoms with Crippen molar-refractivity contribution in [1.29, 1.82) is 0 Å². The van der Waals surface area contributed by atoms with Crippen LogP contribution < -0.4 is 10.1 Å². The number of hydrogen-bond donors (Lipinski definition) is 1. The SMILES string of the molecule is CCCC=Cc1ccc(C(=O)Nc2ccc(OC)cc2)cc1. The summed E-state index contributed by atoms with van der Waals surface area (Å²) in [6.45, 7) is 2.15. The van der Waals surface area contributed by atoms with Crippen molar-refractivity contribution < 1.29 is 9.53 Å². The Morgan fingerprint density at radius 3 is 2.36 bits per heavy atom. The lowest BCUT2D eigenvalue weighted by atomic mass is 10.1. The molecule has 2 aromatic carbocycles. The molecule has 0 saturated carbocycles. The normalized spacial score (nSPS) is 10.6. The number of rotatable bonds is 6. The van der Waals surface area contributed by atoms with E-state index in [2.05, 4.69) is 24.4 Å². The Labute approximate surface area is 131 Å². The van der Waals surface area contributed by atoms with Crippen molar-refractivity contribution in [2.24, 2.45) is 0 Å². The summed E-state index contributed by atoms with van der Waals surface area (Å²) >= 11 is 0. The quantitative estimate of drug-likeness (QED) is 0.834. The highest BCUT2D eigenvalue weighted by molar-refractivity contribution is 6.04. The number of benzene rings is 2. The van der Waals surface area contributed by atoms with Gasteiger partial charge in [0.05, 0.1) is 7.11 Å². The molecule has 0 radical (unpaired) electrons. The van der Waals surface area contributed by atoms with E-state index in [-0.39, 0.29) is 5.91 Å². The Hall–Kier alpha value is -2.55. The molecule has 22 heavy (non-hydrogen) atoms. The first-order valence-electron chi connectivity index (χ1n) is 7.45. The summed E-state index contributed by atoms with van der Waals surface area (Å²) in [5, 5.41) is 2.87. The van der Waals surface area contributed by atoms with Crippen molar-refractivity contribution in [3.63, 3.8) is 0 Å². The highest BCUT2D eigenvalue weighted by atomic mass is 16.5. The van der Waals surface area contributed by atoms with E-state index >= 15 is 0 Å². The van der Waals surface area contributed by atoms with Crippen LogP contribution in [0.5, 0.6) is 5.75 Å². The molecule has 0 spiro atoms. The third-order valence-corrected chi connectivity index (χ3v) is 3.29. The van der Waals surface area contributed by atoms with Crippen molar-refractivity contribution >= 4 is 17.7 Å². The van der Waals surface area contributed by atoms with Crippen molar-refractivity contribution in [3.8, 4) is 5.75 Å². The largest absolute Gasteiger partial charge is 0.497 e. The third-order valence-electron chi connectivity index (χ3n) is 3.29. The van der Waals surface area contributed by atoms with Gasteiger partial charge in [0.2, 0.25) is 0 Å². The highest BCUT2D eigenvalue weighted by Gasteiger charge is 2.05. The fourth-order valence-electron chi connectivity index (χ4n) is 2.01. The van der Waals surface area contributed by atoms with Crippen molar-refractivity contribution in [2.75, 3.05) is 12.4 Å². The molecule has 2 aromatic rings. The van der Waals surface area contributed by atoms with Gasteiger partial charge in [0, 0.05) is 11.3 Å². The number of carbonyl (C=O) groups excluding carboxylic acids is 1. The lowest BCUT2D eigenvalue weighted by Crippen LogP contribution is -2.11. The van der Waals surface area contributed by atoms with E-state index in [1.165, 1.54) is 0 Å². The van der Waals surface area contributed by atoms with Crippen LogP contribution in [0.2, 0.25) is 0 Å². The van der Waals surface area contributed by atoms with Crippen LogP contribution in [0.4, 0.5) is 5.69 Å². The number of hydrogen-bond acceptors (Lipinski definition) is 2. The summed E-state index contributed by atoms with van der Waals surface area (Å²) in [4.78, 5) is 12.2. The maximum absolute atomic E-state index is 12.2. The van der Waals surface area contributed by atoms with Crippen LogP contribution in [-0.2, 0) is 0 Å². The maximum Gasteiger partial charge on any atom is 0.255 e. The maximum atomic E-state index is 12.2. The van der Waals surface area contributed by atoms with Gasteiger partial charge in [-0.3, -0.25) is 4.79 Å². The number of carbonyl (C=O) groups is 1. The molecule has 0 aliphatic rings. The first kappa shape index (κ1) is 15.8. The molecular formula is C19H21NO2.